The Hall–Kier alpha value is -0.330. The van der Waals surface area contributed by atoms with Crippen LogP contribution in [-0.2, 0) is 4.74 Å². The summed E-state index contributed by atoms with van der Waals surface area (Å²) in [6.45, 7) is 3.55. The molecule has 16 heavy (non-hydrogen) atoms. The van der Waals surface area contributed by atoms with Crippen LogP contribution in [0.2, 0.25) is 0 Å². The lowest BCUT2D eigenvalue weighted by molar-refractivity contribution is 0.0686. The largest absolute Gasteiger partial charge is 0.506 e. The maximum absolute atomic E-state index is 10.5. The van der Waals surface area contributed by atoms with Crippen LogP contribution in [0, 0.1) is 0 Å². The van der Waals surface area contributed by atoms with Gasteiger partial charge in [0.1, 0.15) is 0 Å². The summed E-state index contributed by atoms with van der Waals surface area (Å²) in [5, 5.41) is 8.60. The molecule has 0 amide bonds. The first kappa shape index (κ1) is 13.7. The van der Waals surface area contributed by atoms with Crippen LogP contribution in [0.3, 0.4) is 0 Å². The normalized spacial score (nSPS) is 11.9. The van der Waals surface area contributed by atoms with E-state index in [9.17, 15) is 4.79 Å². The molecule has 0 saturated heterocycles. The number of rotatable bonds is 3. The van der Waals surface area contributed by atoms with Crippen molar-refractivity contribution in [3.63, 3.8) is 0 Å². The molecule has 0 heterocycles. The van der Waals surface area contributed by atoms with Gasteiger partial charge in [0.2, 0.25) is 0 Å². The fourth-order valence-electron chi connectivity index (χ4n) is 1.16. The summed E-state index contributed by atoms with van der Waals surface area (Å²) >= 11 is 10.0. The Kier molecular flexibility index (Phi) is 5.01. The molecular formula is C10H7Br3O3. The zero-order chi connectivity index (χ0) is 12.3. The fraction of sp³-hybridized carbons (Fsp3) is 0.100. The van der Waals surface area contributed by atoms with Gasteiger partial charge in [-0.25, -0.2) is 4.79 Å². The van der Waals surface area contributed by atoms with Gasteiger partial charge in [-0.3, -0.25) is 0 Å². The maximum atomic E-state index is 10.5. The van der Waals surface area contributed by atoms with Gasteiger partial charge in [0.25, 0.3) is 0 Å². The summed E-state index contributed by atoms with van der Waals surface area (Å²) in [5.41, 5.74) is 0.681. The SMILES string of the molecule is C=CC(OC(=O)O)c1c(Br)cc(Br)cc1Br. The lowest BCUT2D eigenvalue weighted by Gasteiger charge is -2.15. The molecule has 1 aromatic carbocycles. The number of carboxylic acid groups (broad SMARTS) is 1. The minimum atomic E-state index is -1.34. The predicted molar refractivity (Wildman–Crippen MR) is 71.6 cm³/mol. The molecule has 0 radical (unpaired) electrons. The van der Waals surface area contributed by atoms with Crippen molar-refractivity contribution in [1.82, 2.24) is 0 Å². The maximum Gasteiger partial charge on any atom is 0.506 e. The second-order valence-corrected chi connectivity index (χ2v) is 5.45. The van der Waals surface area contributed by atoms with Crippen LogP contribution >= 0.6 is 47.8 Å². The van der Waals surface area contributed by atoms with E-state index in [-0.39, 0.29) is 0 Å². The van der Waals surface area contributed by atoms with E-state index in [0.29, 0.717) is 5.56 Å². The molecule has 0 aromatic heterocycles. The van der Waals surface area contributed by atoms with Crippen molar-refractivity contribution in [3.8, 4) is 0 Å². The zero-order valence-corrected chi connectivity index (χ0v) is 12.7. The van der Waals surface area contributed by atoms with E-state index in [0.717, 1.165) is 13.4 Å². The highest BCUT2D eigenvalue weighted by atomic mass is 79.9. The third kappa shape index (κ3) is 3.33. The summed E-state index contributed by atoms with van der Waals surface area (Å²) in [6.07, 6.45) is -0.631. The summed E-state index contributed by atoms with van der Waals surface area (Å²) in [5.74, 6) is 0. The molecule has 0 bridgehead atoms. The molecule has 0 spiro atoms. The molecule has 0 fully saturated rings. The van der Waals surface area contributed by atoms with Crippen LogP contribution in [0.4, 0.5) is 4.79 Å². The number of carbonyl (C=O) groups is 1. The summed E-state index contributed by atoms with van der Waals surface area (Å²) in [7, 11) is 0. The number of benzene rings is 1. The van der Waals surface area contributed by atoms with E-state index in [1.165, 1.54) is 6.08 Å². The third-order valence-electron chi connectivity index (χ3n) is 1.77. The van der Waals surface area contributed by atoms with Crippen molar-refractivity contribution in [3.05, 3.63) is 43.8 Å². The van der Waals surface area contributed by atoms with Gasteiger partial charge in [0, 0.05) is 19.0 Å². The second kappa shape index (κ2) is 5.84. The molecule has 86 valence electrons. The molecule has 0 saturated carbocycles. The van der Waals surface area contributed by atoms with Gasteiger partial charge >= 0.3 is 6.16 Å². The topological polar surface area (TPSA) is 46.5 Å². The monoisotopic (exact) mass is 412 g/mol. The van der Waals surface area contributed by atoms with E-state index in [1.807, 2.05) is 12.1 Å². The number of ether oxygens (including phenoxy) is 1. The van der Waals surface area contributed by atoms with Crippen LogP contribution in [-0.4, -0.2) is 11.3 Å². The van der Waals surface area contributed by atoms with Crippen molar-refractivity contribution in [2.24, 2.45) is 0 Å². The van der Waals surface area contributed by atoms with E-state index in [4.69, 9.17) is 9.84 Å². The zero-order valence-electron chi connectivity index (χ0n) is 7.91. The third-order valence-corrected chi connectivity index (χ3v) is 3.54. The quantitative estimate of drug-likeness (QED) is 0.565. The minimum Gasteiger partial charge on any atom is -0.450 e. The van der Waals surface area contributed by atoms with Gasteiger partial charge in [0.15, 0.2) is 6.10 Å². The number of hydrogen-bond donors (Lipinski definition) is 1. The van der Waals surface area contributed by atoms with Crippen LogP contribution < -0.4 is 0 Å². The highest BCUT2D eigenvalue weighted by molar-refractivity contribution is 9.11. The Morgan fingerprint density at radius 2 is 1.88 bits per heavy atom. The van der Waals surface area contributed by atoms with Gasteiger partial charge in [0.05, 0.1) is 0 Å². The average molecular weight is 415 g/mol. The fourth-order valence-corrected chi connectivity index (χ4v) is 3.87. The summed E-state index contributed by atoms with van der Waals surface area (Å²) < 4.78 is 7.05. The Morgan fingerprint density at radius 3 is 2.25 bits per heavy atom. The van der Waals surface area contributed by atoms with Crippen LogP contribution in [0.25, 0.3) is 0 Å². The molecule has 0 aliphatic rings. The van der Waals surface area contributed by atoms with E-state index >= 15 is 0 Å². The standard InChI is InChI=1S/C10H7Br3O3/c1-2-8(16-10(14)15)9-6(12)3-5(11)4-7(9)13/h2-4,8H,1H2,(H,14,15). The van der Waals surface area contributed by atoms with Gasteiger partial charge < -0.3 is 9.84 Å². The lowest BCUT2D eigenvalue weighted by Crippen LogP contribution is -2.08. The predicted octanol–water partition coefficient (Wildman–Crippen LogP) is 4.90. The Morgan fingerprint density at radius 1 is 1.38 bits per heavy atom. The average Bonchev–Trinajstić information content (AvgIpc) is 2.13. The Bertz CT molecular complexity index is 408. The van der Waals surface area contributed by atoms with Crippen LogP contribution in [0.15, 0.2) is 38.2 Å². The van der Waals surface area contributed by atoms with Crippen molar-refractivity contribution >= 4 is 53.9 Å². The Labute approximate surface area is 118 Å². The van der Waals surface area contributed by atoms with Crippen molar-refractivity contribution in [2.45, 2.75) is 6.10 Å². The van der Waals surface area contributed by atoms with Gasteiger partial charge in [-0.2, -0.15) is 0 Å². The van der Waals surface area contributed by atoms with E-state index < -0.39 is 12.3 Å². The molecule has 1 atom stereocenters. The molecule has 1 N–H and O–H groups in total. The molecular weight excluding hydrogens is 408 g/mol. The van der Waals surface area contributed by atoms with Gasteiger partial charge in [-0.15, -0.1) is 0 Å². The molecule has 0 aliphatic carbocycles. The van der Waals surface area contributed by atoms with Gasteiger partial charge in [-0.05, 0) is 18.2 Å². The van der Waals surface area contributed by atoms with Crippen LogP contribution in [0.1, 0.15) is 11.7 Å². The Balaban J connectivity index is 3.19. The smallest absolute Gasteiger partial charge is 0.450 e. The van der Waals surface area contributed by atoms with Crippen molar-refractivity contribution < 1.29 is 14.6 Å². The van der Waals surface area contributed by atoms with Crippen molar-refractivity contribution in [2.75, 3.05) is 0 Å². The first-order chi connectivity index (χ1) is 7.45. The molecule has 3 nitrogen and oxygen atoms in total. The lowest BCUT2D eigenvalue weighted by atomic mass is 10.1. The first-order valence-electron chi connectivity index (χ1n) is 4.12. The molecule has 0 aliphatic heterocycles. The number of hydrogen-bond acceptors (Lipinski definition) is 2. The van der Waals surface area contributed by atoms with Crippen LogP contribution in [0.5, 0.6) is 0 Å². The molecule has 1 rings (SSSR count). The highest BCUT2D eigenvalue weighted by Gasteiger charge is 2.19. The molecule has 1 unspecified atom stereocenters. The molecule has 6 heteroatoms. The minimum absolute atomic E-state index is 0.681. The summed E-state index contributed by atoms with van der Waals surface area (Å²) in [4.78, 5) is 10.5. The highest BCUT2D eigenvalue weighted by Crippen LogP contribution is 2.36. The van der Waals surface area contributed by atoms with E-state index in [1.54, 1.807) is 0 Å². The molecule has 1 aromatic rings. The summed E-state index contributed by atoms with van der Waals surface area (Å²) in [6, 6.07) is 3.61. The van der Waals surface area contributed by atoms with Crippen molar-refractivity contribution in [1.29, 1.82) is 0 Å². The van der Waals surface area contributed by atoms with E-state index in [2.05, 4.69) is 54.4 Å². The van der Waals surface area contributed by atoms with Gasteiger partial charge in [-0.1, -0.05) is 54.4 Å². The first-order valence-corrected chi connectivity index (χ1v) is 6.50. The second-order valence-electron chi connectivity index (χ2n) is 2.82. The number of halogens is 3.